The van der Waals surface area contributed by atoms with Crippen LogP contribution in [-0.4, -0.2) is 16.2 Å². The number of nitrogen functional groups attached to an aromatic ring is 1. The summed E-state index contributed by atoms with van der Waals surface area (Å²) >= 11 is 1.68. The van der Waals surface area contributed by atoms with Gasteiger partial charge in [-0.1, -0.05) is 12.1 Å². The summed E-state index contributed by atoms with van der Waals surface area (Å²) < 4.78 is 5.88. The second kappa shape index (κ2) is 5.99. The second-order valence-electron chi connectivity index (χ2n) is 4.29. The fourth-order valence-corrected chi connectivity index (χ4v) is 2.35. The summed E-state index contributed by atoms with van der Waals surface area (Å²) in [6, 6.07) is 15.5. The Labute approximate surface area is 126 Å². The molecule has 2 aromatic carbocycles. The van der Waals surface area contributed by atoms with Crippen LogP contribution in [0.3, 0.4) is 0 Å². The highest BCUT2D eigenvalue weighted by molar-refractivity contribution is 7.98. The van der Waals surface area contributed by atoms with Gasteiger partial charge in [-0.3, -0.25) is 5.43 Å². The third-order valence-corrected chi connectivity index (χ3v) is 3.71. The van der Waals surface area contributed by atoms with Gasteiger partial charge in [-0.2, -0.15) is 4.98 Å². The van der Waals surface area contributed by atoms with Crippen LogP contribution in [0.15, 0.2) is 53.4 Å². The molecule has 3 rings (SSSR count). The van der Waals surface area contributed by atoms with Crippen molar-refractivity contribution >= 4 is 28.6 Å². The fourth-order valence-electron chi connectivity index (χ4n) is 1.95. The van der Waals surface area contributed by atoms with Gasteiger partial charge in [-0.05, 0) is 42.7 Å². The van der Waals surface area contributed by atoms with Crippen LogP contribution in [0.1, 0.15) is 0 Å². The van der Waals surface area contributed by atoms with Crippen LogP contribution < -0.4 is 16.0 Å². The number of fused-ring (bicyclic) bond motifs is 1. The molecule has 0 unspecified atom stereocenters. The first-order valence-electron chi connectivity index (χ1n) is 6.35. The molecule has 0 fully saturated rings. The third kappa shape index (κ3) is 2.91. The van der Waals surface area contributed by atoms with E-state index in [0.29, 0.717) is 11.8 Å². The summed E-state index contributed by atoms with van der Waals surface area (Å²) in [6.07, 6.45) is 2.03. The second-order valence-corrected chi connectivity index (χ2v) is 5.17. The van der Waals surface area contributed by atoms with E-state index in [1.54, 1.807) is 11.8 Å². The van der Waals surface area contributed by atoms with Crippen molar-refractivity contribution in [3.05, 3.63) is 48.5 Å². The summed E-state index contributed by atoms with van der Waals surface area (Å²) in [4.78, 5) is 9.76. The van der Waals surface area contributed by atoms with E-state index in [9.17, 15) is 0 Å². The average Bonchev–Trinajstić information content (AvgIpc) is 2.55. The van der Waals surface area contributed by atoms with Crippen molar-refractivity contribution in [2.45, 2.75) is 4.90 Å². The summed E-state index contributed by atoms with van der Waals surface area (Å²) in [5, 5.41) is 0.838. The van der Waals surface area contributed by atoms with Crippen molar-refractivity contribution in [1.82, 2.24) is 9.97 Å². The number of hydrogen-bond acceptors (Lipinski definition) is 6. The number of para-hydroxylation sites is 1. The number of rotatable bonds is 4. The number of hydrogen-bond donors (Lipinski definition) is 2. The number of nitrogens with zero attached hydrogens (tertiary/aromatic N) is 2. The first-order valence-corrected chi connectivity index (χ1v) is 7.58. The smallest absolute Gasteiger partial charge is 0.241 e. The molecular formula is C15H14N4OS. The molecule has 0 saturated carbocycles. The van der Waals surface area contributed by atoms with Crippen molar-refractivity contribution in [2.75, 3.05) is 11.7 Å². The molecular weight excluding hydrogens is 284 g/mol. The number of nitrogens with two attached hydrogens (primary N) is 1. The van der Waals surface area contributed by atoms with Gasteiger partial charge in [-0.15, -0.1) is 11.8 Å². The molecule has 0 bridgehead atoms. The fraction of sp³-hybridized carbons (Fsp3) is 0.0667. The Balaban J connectivity index is 2.01. The molecule has 0 saturated heterocycles. The first kappa shape index (κ1) is 13.7. The molecule has 0 amide bonds. The quantitative estimate of drug-likeness (QED) is 0.437. The molecule has 1 heterocycles. The first-order chi connectivity index (χ1) is 10.3. The number of benzene rings is 2. The van der Waals surface area contributed by atoms with E-state index in [-0.39, 0.29) is 0 Å². The monoisotopic (exact) mass is 298 g/mol. The maximum absolute atomic E-state index is 5.88. The Morgan fingerprint density at radius 1 is 1.05 bits per heavy atom. The Kier molecular flexibility index (Phi) is 3.89. The molecule has 0 radical (unpaired) electrons. The third-order valence-electron chi connectivity index (χ3n) is 2.97. The van der Waals surface area contributed by atoms with Crippen LogP contribution in [0.5, 0.6) is 11.6 Å². The zero-order valence-corrected chi connectivity index (χ0v) is 12.2. The number of nitrogens with one attached hydrogen (secondary N) is 1. The lowest BCUT2D eigenvalue weighted by atomic mass is 10.2. The molecule has 0 aliphatic rings. The molecule has 3 aromatic rings. The lowest BCUT2D eigenvalue weighted by Gasteiger charge is -2.09. The normalized spacial score (nSPS) is 10.6. The largest absolute Gasteiger partial charge is 0.438 e. The van der Waals surface area contributed by atoms with E-state index in [4.69, 9.17) is 10.6 Å². The van der Waals surface area contributed by atoms with Gasteiger partial charge in [0.25, 0.3) is 0 Å². The number of aromatic nitrogens is 2. The van der Waals surface area contributed by atoms with Crippen molar-refractivity contribution in [2.24, 2.45) is 5.84 Å². The van der Waals surface area contributed by atoms with E-state index in [0.717, 1.165) is 16.7 Å². The van der Waals surface area contributed by atoms with Crippen molar-refractivity contribution in [3.8, 4) is 11.6 Å². The number of ether oxygens (including phenoxy) is 1. The molecule has 3 N–H and O–H groups in total. The summed E-state index contributed by atoms with van der Waals surface area (Å²) in [5.41, 5.74) is 3.23. The van der Waals surface area contributed by atoms with Crippen molar-refractivity contribution in [1.29, 1.82) is 0 Å². The van der Waals surface area contributed by atoms with Crippen LogP contribution >= 0.6 is 11.8 Å². The average molecular weight is 298 g/mol. The van der Waals surface area contributed by atoms with Gasteiger partial charge in [-0.25, -0.2) is 10.8 Å². The molecule has 1 aromatic heterocycles. The maximum atomic E-state index is 5.88. The standard InChI is InChI=1S/C15H14N4OS/c1-21-11-8-6-10(7-9-11)20-14-12-4-2-3-5-13(12)17-15(18-14)19-16/h2-9H,16H2,1H3,(H,17,18,19). The molecule has 0 aliphatic heterocycles. The lowest BCUT2D eigenvalue weighted by Crippen LogP contribution is -2.11. The van der Waals surface area contributed by atoms with Gasteiger partial charge < -0.3 is 4.74 Å². The van der Waals surface area contributed by atoms with Gasteiger partial charge in [0.05, 0.1) is 10.9 Å². The Morgan fingerprint density at radius 3 is 2.52 bits per heavy atom. The molecule has 6 heteroatoms. The molecule has 106 valence electrons. The van der Waals surface area contributed by atoms with Gasteiger partial charge in [0.2, 0.25) is 11.8 Å². The van der Waals surface area contributed by atoms with E-state index >= 15 is 0 Å². The molecule has 5 nitrogen and oxygen atoms in total. The van der Waals surface area contributed by atoms with Gasteiger partial charge in [0.15, 0.2) is 0 Å². The Morgan fingerprint density at radius 2 is 1.81 bits per heavy atom. The summed E-state index contributed by atoms with van der Waals surface area (Å²) in [6.45, 7) is 0. The van der Waals surface area contributed by atoms with Crippen LogP contribution in [0.25, 0.3) is 10.9 Å². The number of anilines is 1. The van der Waals surface area contributed by atoms with Crippen molar-refractivity contribution in [3.63, 3.8) is 0 Å². The maximum Gasteiger partial charge on any atom is 0.241 e. The van der Waals surface area contributed by atoms with Crippen LogP contribution in [-0.2, 0) is 0 Å². The molecule has 21 heavy (non-hydrogen) atoms. The Bertz CT molecular complexity index is 761. The number of hydrazine groups is 1. The topological polar surface area (TPSA) is 73.1 Å². The van der Waals surface area contributed by atoms with E-state index < -0.39 is 0 Å². The molecule has 0 aliphatic carbocycles. The summed E-state index contributed by atoms with van der Waals surface area (Å²) in [5.74, 6) is 6.93. The predicted octanol–water partition coefficient (Wildman–Crippen LogP) is 3.43. The van der Waals surface area contributed by atoms with Crippen LogP contribution in [0.2, 0.25) is 0 Å². The van der Waals surface area contributed by atoms with Gasteiger partial charge in [0.1, 0.15) is 5.75 Å². The van der Waals surface area contributed by atoms with Gasteiger partial charge >= 0.3 is 0 Å². The zero-order chi connectivity index (χ0) is 14.7. The highest BCUT2D eigenvalue weighted by atomic mass is 32.2. The molecule has 0 spiro atoms. The van der Waals surface area contributed by atoms with Crippen LogP contribution in [0, 0.1) is 0 Å². The van der Waals surface area contributed by atoms with Crippen molar-refractivity contribution < 1.29 is 4.74 Å². The minimum Gasteiger partial charge on any atom is -0.438 e. The van der Waals surface area contributed by atoms with Gasteiger partial charge in [0, 0.05) is 4.90 Å². The number of thioether (sulfide) groups is 1. The Hall–Kier alpha value is -2.31. The van der Waals surface area contributed by atoms with Crippen LogP contribution in [0.4, 0.5) is 5.95 Å². The minimum absolute atomic E-state index is 0.324. The van der Waals surface area contributed by atoms with E-state index in [1.807, 2.05) is 54.8 Å². The SMILES string of the molecule is CSc1ccc(Oc2nc(NN)nc3ccccc23)cc1. The minimum atomic E-state index is 0.324. The highest BCUT2D eigenvalue weighted by Gasteiger charge is 2.09. The highest BCUT2D eigenvalue weighted by Crippen LogP contribution is 2.29. The van der Waals surface area contributed by atoms with E-state index in [1.165, 1.54) is 4.90 Å². The zero-order valence-electron chi connectivity index (χ0n) is 11.4. The predicted molar refractivity (Wildman–Crippen MR) is 85.6 cm³/mol. The molecule has 0 atom stereocenters. The lowest BCUT2D eigenvalue weighted by molar-refractivity contribution is 0.468. The summed E-state index contributed by atoms with van der Waals surface area (Å²) in [7, 11) is 0. The van der Waals surface area contributed by atoms with E-state index in [2.05, 4.69) is 15.4 Å².